The number of epoxide rings is 1. The van der Waals surface area contributed by atoms with Crippen molar-refractivity contribution < 1.29 is 34.1 Å². The summed E-state index contributed by atoms with van der Waals surface area (Å²) in [5.74, 6) is -1.45. The van der Waals surface area contributed by atoms with Crippen LogP contribution in [0.15, 0.2) is 35.5 Å². The molecule has 2 N–H and O–H groups in total. The number of benzene rings is 1. The van der Waals surface area contributed by atoms with Crippen LogP contribution in [-0.2, 0) is 25.5 Å². The number of ether oxygens (including phenoxy) is 2. The van der Waals surface area contributed by atoms with Crippen molar-refractivity contribution in [1.82, 2.24) is 4.90 Å². The lowest BCUT2D eigenvalue weighted by Crippen LogP contribution is -2.33. The van der Waals surface area contributed by atoms with Gasteiger partial charge in [-0.1, -0.05) is 41.4 Å². The number of allylic oxidation sites excluding steroid dienone is 3. The average molecular weight is 519 g/mol. The van der Waals surface area contributed by atoms with Crippen molar-refractivity contribution in [3.05, 3.63) is 46.5 Å². The number of carbonyl (C=O) groups is 2. The first-order chi connectivity index (χ1) is 17.3. The summed E-state index contributed by atoms with van der Waals surface area (Å²) >= 11 is 6.36. The minimum absolute atomic E-state index is 0.0187. The number of aromatic hydroxyl groups is 2. The number of rotatable bonds is 4. The zero-order valence-corrected chi connectivity index (χ0v) is 20.9. The van der Waals surface area contributed by atoms with E-state index in [1.165, 1.54) is 0 Å². The second-order valence-electron chi connectivity index (χ2n) is 9.20. The number of nitrogens with zero attached hydrogens (tertiary/aromatic N) is 2. The van der Waals surface area contributed by atoms with Crippen molar-refractivity contribution in [2.45, 2.75) is 63.8 Å². The molecule has 0 aliphatic carbocycles. The standard InChI is InChI=1S/C26H31ClN2O7/c1-16-13-22-21(36-22)8-5-4-7-17(28-34-12-11-29-10-6-2-3-9-23(29)32)14-18-24(26(33)35-16)19(30)15-20(31)25(18)27/h4-5,7-8,15-16,21-22,30-31H,2-3,6,9-14H2,1H3/b7-4+,8-5+,28-17+. The summed E-state index contributed by atoms with van der Waals surface area (Å²) in [4.78, 5) is 32.5. The molecule has 3 aliphatic rings. The van der Waals surface area contributed by atoms with E-state index in [1.807, 2.05) is 12.2 Å². The van der Waals surface area contributed by atoms with Gasteiger partial charge in [-0.2, -0.15) is 0 Å². The Balaban J connectivity index is 1.58. The van der Waals surface area contributed by atoms with Crippen LogP contribution in [0.4, 0.5) is 0 Å². The SMILES string of the molecule is CC1CC2OC2/C=C/C=C/C(=N\OCCN2CCCCCC2=O)Cc2c(Cl)c(O)cc(O)c2C(=O)O1. The van der Waals surface area contributed by atoms with E-state index in [2.05, 4.69) is 5.16 Å². The smallest absolute Gasteiger partial charge is 0.342 e. The number of amides is 1. The lowest BCUT2D eigenvalue weighted by molar-refractivity contribution is -0.131. The molecular weight excluding hydrogens is 488 g/mol. The third-order valence-corrected chi connectivity index (χ3v) is 6.81. The zero-order valence-electron chi connectivity index (χ0n) is 20.2. The molecule has 3 heterocycles. The van der Waals surface area contributed by atoms with Crippen molar-refractivity contribution in [2.75, 3.05) is 19.7 Å². The molecule has 0 spiro atoms. The Bertz CT molecular complexity index is 1080. The molecule has 4 rings (SSSR count). The van der Waals surface area contributed by atoms with Crippen molar-refractivity contribution >= 4 is 29.2 Å². The molecule has 3 unspecified atom stereocenters. The first kappa shape index (κ1) is 26.0. The highest BCUT2D eigenvalue weighted by Gasteiger charge is 2.38. The van der Waals surface area contributed by atoms with E-state index in [-0.39, 0.29) is 53.0 Å². The van der Waals surface area contributed by atoms with Crippen LogP contribution in [0.5, 0.6) is 11.5 Å². The summed E-state index contributed by atoms with van der Waals surface area (Å²) in [6.45, 7) is 3.07. The van der Waals surface area contributed by atoms with Gasteiger partial charge in [0.1, 0.15) is 35.9 Å². The molecule has 0 radical (unpaired) electrons. The highest BCUT2D eigenvalue weighted by Crippen LogP contribution is 2.38. The summed E-state index contributed by atoms with van der Waals surface area (Å²) in [5, 5.41) is 24.8. The molecule has 2 saturated heterocycles. The number of hydrogen-bond donors (Lipinski definition) is 2. The van der Waals surface area contributed by atoms with Gasteiger partial charge >= 0.3 is 5.97 Å². The van der Waals surface area contributed by atoms with Crippen molar-refractivity contribution in [3.63, 3.8) is 0 Å². The van der Waals surface area contributed by atoms with Crippen molar-refractivity contribution in [2.24, 2.45) is 5.16 Å². The molecule has 3 aliphatic heterocycles. The van der Waals surface area contributed by atoms with E-state index in [0.29, 0.717) is 31.6 Å². The molecule has 36 heavy (non-hydrogen) atoms. The number of hydrogen-bond acceptors (Lipinski definition) is 8. The molecule has 2 fully saturated rings. The van der Waals surface area contributed by atoms with Crippen LogP contribution in [-0.4, -0.2) is 70.7 Å². The van der Waals surface area contributed by atoms with Gasteiger partial charge in [0.05, 0.1) is 23.4 Å². The van der Waals surface area contributed by atoms with Crippen LogP contribution in [0.25, 0.3) is 0 Å². The number of fused-ring (bicyclic) bond motifs is 2. The fourth-order valence-electron chi connectivity index (χ4n) is 4.41. The highest BCUT2D eigenvalue weighted by molar-refractivity contribution is 6.33. The highest BCUT2D eigenvalue weighted by atomic mass is 35.5. The Morgan fingerprint density at radius 2 is 2.03 bits per heavy atom. The second-order valence-corrected chi connectivity index (χ2v) is 9.58. The number of phenolic OH excluding ortho intramolecular Hbond substituents is 2. The van der Waals surface area contributed by atoms with Crippen LogP contribution < -0.4 is 0 Å². The maximum atomic E-state index is 13.0. The van der Waals surface area contributed by atoms with Crippen LogP contribution in [0.3, 0.4) is 0 Å². The Morgan fingerprint density at radius 1 is 1.19 bits per heavy atom. The third kappa shape index (κ3) is 6.59. The Kier molecular flexibility index (Phi) is 8.53. The largest absolute Gasteiger partial charge is 0.507 e. The van der Waals surface area contributed by atoms with Gasteiger partial charge in [-0.3, -0.25) is 4.79 Å². The molecule has 1 amide bonds. The summed E-state index contributed by atoms with van der Waals surface area (Å²) < 4.78 is 11.2. The molecule has 10 heteroatoms. The predicted molar refractivity (Wildman–Crippen MR) is 133 cm³/mol. The van der Waals surface area contributed by atoms with E-state index in [1.54, 1.807) is 24.0 Å². The molecule has 0 saturated carbocycles. The monoisotopic (exact) mass is 518 g/mol. The summed E-state index contributed by atoms with van der Waals surface area (Å²) in [5.41, 5.74) is 0.422. The van der Waals surface area contributed by atoms with Gasteiger partial charge in [-0.05, 0) is 31.4 Å². The molecule has 0 bridgehead atoms. The van der Waals surface area contributed by atoms with Gasteiger partial charge in [0.15, 0.2) is 0 Å². The number of cyclic esters (lactones) is 1. The van der Waals surface area contributed by atoms with Gasteiger partial charge in [0.25, 0.3) is 0 Å². The fourth-order valence-corrected chi connectivity index (χ4v) is 4.62. The number of carbonyl (C=O) groups excluding carboxylic acids is 2. The summed E-state index contributed by atoms with van der Waals surface area (Å²) in [6, 6.07) is 1.01. The van der Waals surface area contributed by atoms with E-state index in [0.717, 1.165) is 25.3 Å². The van der Waals surface area contributed by atoms with Gasteiger partial charge < -0.3 is 29.4 Å². The topological polar surface area (TPSA) is 121 Å². The minimum atomic E-state index is -0.759. The number of halogens is 1. The maximum Gasteiger partial charge on any atom is 0.342 e. The van der Waals surface area contributed by atoms with Crippen LogP contribution in [0.2, 0.25) is 5.02 Å². The third-order valence-electron chi connectivity index (χ3n) is 6.38. The van der Waals surface area contributed by atoms with E-state index >= 15 is 0 Å². The Labute approximate surface area is 214 Å². The van der Waals surface area contributed by atoms with Crippen molar-refractivity contribution in [3.8, 4) is 11.5 Å². The first-order valence-electron chi connectivity index (χ1n) is 12.2. The van der Waals surface area contributed by atoms with Gasteiger partial charge in [-0.15, -0.1) is 0 Å². The number of esters is 1. The minimum Gasteiger partial charge on any atom is -0.507 e. The number of likely N-dealkylation sites (tertiary alicyclic amines) is 1. The van der Waals surface area contributed by atoms with Gasteiger partial charge in [-0.25, -0.2) is 4.79 Å². The van der Waals surface area contributed by atoms with Crippen LogP contribution >= 0.6 is 11.6 Å². The van der Waals surface area contributed by atoms with Crippen molar-refractivity contribution in [1.29, 1.82) is 0 Å². The van der Waals surface area contributed by atoms with Gasteiger partial charge in [0, 0.05) is 31.9 Å². The normalized spacial score (nSPS) is 27.8. The van der Waals surface area contributed by atoms with Crippen LogP contribution in [0, 0.1) is 0 Å². The second kappa shape index (κ2) is 11.8. The average Bonchev–Trinajstić information content (AvgIpc) is 3.59. The summed E-state index contributed by atoms with van der Waals surface area (Å²) in [6.07, 6.45) is 10.6. The predicted octanol–water partition coefficient (Wildman–Crippen LogP) is 3.90. The maximum absolute atomic E-state index is 13.0. The Morgan fingerprint density at radius 3 is 2.86 bits per heavy atom. The van der Waals surface area contributed by atoms with E-state index in [4.69, 9.17) is 25.9 Å². The lowest BCUT2D eigenvalue weighted by Gasteiger charge is -2.19. The molecule has 3 atom stereocenters. The molecular formula is C26H31ClN2O7. The zero-order chi connectivity index (χ0) is 25.7. The first-order valence-corrected chi connectivity index (χ1v) is 12.6. The van der Waals surface area contributed by atoms with Gasteiger partial charge in [0.2, 0.25) is 5.91 Å². The van der Waals surface area contributed by atoms with E-state index < -0.39 is 17.8 Å². The molecule has 9 nitrogen and oxygen atoms in total. The van der Waals surface area contributed by atoms with Crippen LogP contribution in [0.1, 0.15) is 54.9 Å². The molecule has 1 aromatic carbocycles. The quantitative estimate of drug-likeness (QED) is 0.268. The molecule has 0 aromatic heterocycles. The lowest BCUT2D eigenvalue weighted by atomic mass is 9.99. The fraction of sp³-hybridized carbons (Fsp3) is 0.500. The summed E-state index contributed by atoms with van der Waals surface area (Å²) in [7, 11) is 0. The van der Waals surface area contributed by atoms with E-state index in [9.17, 15) is 19.8 Å². The molecule has 1 aromatic rings. The molecule has 194 valence electrons. The number of phenols is 2. The number of oxime groups is 1. The Hall–Kier alpha value is -3.04.